The SMILES string of the molecule is CC1(C)[C@H](C(=O)Nc2nnc(C3CC3)s2)[C@@H]1C(=O)O. The second kappa shape index (κ2) is 4.00. The van der Waals surface area contributed by atoms with Crippen molar-refractivity contribution in [3.05, 3.63) is 5.01 Å². The zero-order valence-electron chi connectivity index (χ0n) is 10.7. The fourth-order valence-electron chi connectivity index (χ4n) is 2.55. The van der Waals surface area contributed by atoms with E-state index in [-0.39, 0.29) is 5.91 Å². The highest BCUT2D eigenvalue weighted by Crippen LogP contribution is 2.58. The van der Waals surface area contributed by atoms with Gasteiger partial charge in [0.2, 0.25) is 11.0 Å². The van der Waals surface area contributed by atoms with E-state index in [1.54, 1.807) is 13.8 Å². The Morgan fingerprint density at radius 2 is 2.00 bits per heavy atom. The van der Waals surface area contributed by atoms with Crippen LogP contribution in [0.15, 0.2) is 0 Å². The van der Waals surface area contributed by atoms with E-state index < -0.39 is 23.2 Å². The van der Waals surface area contributed by atoms with Gasteiger partial charge in [0, 0.05) is 5.92 Å². The number of carboxylic acids is 1. The van der Waals surface area contributed by atoms with Gasteiger partial charge in [-0.05, 0) is 18.3 Å². The van der Waals surface area contributed by atoms with Crippen molar-refractivity contribution in [1.82, 2.24) is 10.2 Å². The monoisotopic (exact) mass is 281 g/mol. The van der Waals surface area contributed by atoms with Crippen molar-refractivity contribution < 1.29 is 14.7 Å². The van der Waals surface area contributed by atoms with Crippen LogP contribution in [0.25, 0.3) is 0 Å². The van der Waals surface area contributed by atoms with Gasteiger partial charge in [0.05, 0.1) is 11.8 Å². The number of aromatic nitrogens is 2. The van der Waals surface area contributed by atoms with Crippen molar-refractivity contribution in [3.63, 3.8) is 0 Å². The predicted molar refractivity (Wildman–Crippen MR) is 68.9 cm³/mol. The fourth-order valence-corrected chi connectivity index (χ4v) is 3.47. The summed E-state index contributed by atoms with van der Waals surface area (Å²) in [6, 6.07) is 0. The van der Waals surface area contributed by atoms with Gasteiger partial charge in [-0.3, -0.25) is 9.59 Å². The lowest BCUT2D eigenvalue weighted by Gasteiger charge is -2.01. The molecule has 0 unspecified atom stereocenters. The van der Waals surface area contributed by atoms with Gasteiger partial charge in [0.1, 0.15) is 5.01 Å². The van der Waals surface area contributed by atoms with E-state index in [9.17, 15) is 9.59 Å². The zero-order valence-corrected chi connectivity index (χ0v) is 11.5. The average Bonchev–Trinajstić information content (AvgIpc) is 3.18. The van der Waals surface area contributed by atoms with E-state index in [0.717, 1.165) is 17.8 Å². The summed E-state index contributed by atoms with van der Waals surface area (Å²) in [5.74, 6) is -1.77. The van der Waals surface area contributed by atoms with Gasteiger partial charge in [-0.1, -0.05) is 25.2 Å². The molecule has 1 aromatic heterocycles. The summed E-state index contributed by atoms with van der Waals surface area (Å²) in [5.41, 5.74) is -0.486. The van der Waals surface area contributed by atoms with Crippen LogP contribution in [-0.2, 0) is 9.59 Å². The first kappa shape index (κ1) is 12.5. The second-order valence-electron chi connectivity index (χ2n) is 5.82. The highest BCUT2D eigenvalue weighted by molar-refractivity contribution is 7.15. The minimum atomic E-state index is -0.916. The maximum atomic E-state index is 12.1. The molecule has 2 atom stereocenters. The molecule has 7 heteroatoms. The van der Waals surface area contributed by atoms with E-state index in [1.807, 2.05) is 0 Å². The third-order valence-electron chi connectivity index (χ3n) is 3.97. The number of nitrogens with zero attached hydrogens (tertiary/aromatic N) is 2. The van der Waals surface area contributed by atoms with Gasteiger partial charge in [-0.2, -0.15) is 0 Å². The largest absolute Gasteiger partial charge is 0.481 e. The van der Waals surface area contributed by atoms with Crippen LogP contribution in [0, 0.1) is 17.3 Å². The van der Waals surface area contributed by atoms with E-state index >= 15 is 0 Å². The smallest absolute Gasteiger partial charge is 0.307 e. The Morgan fingerprint density at radius 1 is 1.32 bits per heavy atom. The molecule has 6 nitrogen and oxygen atoms in total. The summed E-state index contributed by atoms with van der Waals surface area (Å²) in [7, 11) is 0. The highest BCUT2D eigenvalue weighted by Gasteiger charge is 2.66. The molecule has 2 aliphatic rings. The molecule has 102 valence electrons. The molecule has 0 radical (unpaired) electrons. The summed E-state index contributed by atoms with van der Waals surface area (Å²) in [4.78, 5) is 23.1. The Hall–Kier alpha value is -1.50. The van der Waals surface area contributed by atoms with Crippen molar-refractivity contribution in [3.8, 4) is 0 Å². The van der Waals surface area contributed by atoms with E-state index in [4.69, 9.17) is 5.11 Å². The maximum Gasteiger partial charge on any atom is 0.307 e. The third-order valence-corrected chi connectivity index (χ3v) is 4.97. The van der Waals surface area contributed by atoms with Gasteiger partial charge >= 0.3 is 5.97 Å². The van der Waals surface area contributed by atoms with Gasteiger partial charge in [-0.25, -0.2) is 0 Å². The molecule has 19 heavy (non-hydrogen) atoms. The number of aliphatic carboxylic acids is 1. The van der Waals surface area contributed by atoms with Crippen molar-refractivity contribution in [2.24, 2.45) is 17.3 Å². The summed E-state index contributed by atoms with van der Waals surface area (Å²) in [6.45, 7) is 3.59. The second-order valence-corrected chi connectivity index (χ2v) is 6.83. The van der Waals surface area contributed by atoms with Crippen molar-refractivity contribution >= 4 is 28.3 Å². The van der Waals surface area contributed by atoms with Crippen molar-refractivity contribution in [2.75, 3.05) is 5.32 Å². The number of hydrogen-bond donors (Lipinski definition) is 2. The number of nitrogens with one attached hydrogen (secondary N) is 1. The van der Waals surface area contributed by atoms with E-state index in [2.05, 4.69) is 15.5 Å². The minimum Gasteiger partial charge on any atom is -0.481 e. The number of hydrogen-bond acceptors (Lipinski definition) is 5. The zero-order chi connectivity index (χ0) is 13.8. The molecule has 3 rings (SSSR count). The average molecular weight is 281 g/mol. The number of carbonyl (C=O) groups excluding carboxylic acids is 1. The molecular weight excluding hydrogens is 266 g/mol. The van der Waals surface area contributed by atoms with E-state index in [0.29, 0.717) is 11.0 Å². The van der Waals surface area contributed by atoms with Gasteiger partial charge in [0.25, 0.3) is 0 Å². The molecule has 0 aromatic carbocycles. The summed E-state index contributed by atoms with van der Waals surface area (Å²) >= 11 is 1.39. The molecule has 0 spiro atoms. The summed E-state index contributed by atoms with van der Waals surface area (Å²) in [5, 5.41) is 21.1. The number of carboxylic acid groups (broad SMARTS) is 1. The van der Waals surface area contributed by atoms with E-state index in [1.165, 1.54) is 11.3 Å². The van der Waals surface area contributed by atoms with Crippen LogP contribution in [-0.4, -0.2) is 27.2 Å². The molecule has 2 fully saturated rings. The minimum absolute atomic E-state index is 0.268. The normalized spacial score (nSPS) is 27.9. The summed E-state index contributed by atoms with van der Waals surface area (Å²) < 4.78 is 0. The molecule has 0 bridgehead atoms. The topological polar surface area (TPSA) is 92.2 Å². The number of anilines is 1. The van der Waals surface area contributed by atoms with Crippen LogP contribution < -0.4 is 5.32 Å². The quantitative estimate of drug-likeness (QED) is 0.876. The number of amides is 1. The molecular formula is C12H15N3O3S. The Balaban J connectivity index is 1.66. The molecule has 0 saturated heterocycles. The standard InChI is InChI=1S/C12H15N3O3S/c1-12(2)6(7(12)10(17)18)8(16)13-11-15-14-9(19-11)5-3-4-5/h5-7H,3-4H2,1-2H3,(H,17,18)(H,13,15,16)/t6-,7+/m0/s1. The van der Waals surface area contributed by atoms with Crippen LogP contribution in [0.1, 0.15) is 37.6 Å². The van der Waals surface area contributed by atoms with Crippen molar-refractivity contribution in [1.29, 1.82) is 0 Å². The number of carbonyl (C=O) groups is 2. The molecule has 2 aliphatic carbocycles. The molecule has 1 aromatic rings. The number of rotatable bonds is 4. The van der Waals surface area contributed by atoms with Gasteiger partial charge in [0.15, 0.2) is 0 Å². The highest BCUT2D eigenvalue weighted by atomic mass is 32.1. The maximum absolute atomic E-state index is 12.1. The van der Waals surface area contributed by atoms with Crippen LogP contribution in [0.3, 0.4) is 0 Å². The Morgan fingerprint density at radius 3 is 2.53 bits per heavy atom. The van der Waals surface area contributed by atoms with Crippen molar-refractivity contribution in [2.45, 2.75) is 32.6 Å². The van der Waals surface area contributed by atoms with Gasteiger partial charge < -0.3 is 10.4 Å². The molecule has 0 aliphatic heterocycles. The first-order chi connectivity index (χ1) is 8.91. The lowest BCUT2D eigenvalue weighted by atomic mass is 10.1. The lowest BCUT2D eigenvalue weighted by molar-refractivity contribution is -0.140. The molecule has 1 heterocycles. The lowest BCUT2D eigenvalue weighted by Crippen LogP contribution is -2.17. The van der Waals surface area contributed by atoms with Crippen LogP contribution in [0.4, 0.5) is 5.13 Å². The summed E-state index contributed by atoms with van der Waals surface area (Å²) in [6.07, 6.45) is 2.28. The molecule has 2 saturated carbocycles. The fraction of sp³-hybridized carbons (Fsp3) is 0.667. The Bertz CT molecular complexity index is 550. The van der Waals surface area contributed by atoms with Crippen LogP contribution in [0.5, 0.6) is 0 Å². The van der Waals surface area contributed by atoms with Gasteiger partial charge in [-0.15, -0.1) is 10.2 Å². The Labute approximate surface area is 114 Å². The first-order valence-electron chi connectivity index (χ1n) is 6.28. The van der Waals surface area contributed by atoms with Crippen LogP contribution in [0.2, 0.25) is 0 Å². The molecule has 2 N–H and O–H groups in total. The molecule has 1 amide bonds. The van der Waals surface area contributed by atoms with Crippen LogP contribution >= 0.6 is 11.3 Å². The Kier molecular flexibility index (Phi) is 2.63. The predicted octanol–water partition coefficient (Wildman–Crippen LogP) is 1.71. The third kappa shape index (κ3) is 2.11. The first-order valence-corrected chi connectivity index (χ1v) is 7.10.